The van der Waals surface area contributed by atoms with Crippen molar-refractivity contribution in [2.24, 2.45) is 0 Å². The van der Waals surface area contributed by atoms with Gasteiger partial charge in [0.1, 0.15) is 12.0 Å². The second-order valence-corrected chi connectivity index (χ2v) is 4.20. The number of esters is 1. The summed E-state index contributed by atoms with van der Waals surface area (Å²) in [6.45, 7) is 1.65. The monoisotopic (exact) mass is 270 g/mol. The molecule has 2 rings (SSSR count). The van der Waals surface area contributed by atoms with Gasteiger partial charge in [0, 0.05) is 5.56 Å². The highest BCUT2D eigenvalue weighted by Crippen LogP contribution is 2.18. The van der Waals surface area contributed by atoms with E-state index in [9.17, 15) is 9.59 Å². The van der Waals surface area contributed by atoms with Crippen molar-refractivity contribution >= 4 is 12.3 Å². The number of carbonyl (C=O) groups is 2. The normalized spacial score (nSPS) is 9.85. The maximum absolute atomic E-state index is 11.7. The topological polar surface area (TPSA) is 52.6 Å². The first kappa shape index (κ1) is 13.8. The van der Waals surface area contributed by atoms with Crippen LogP contribution < -0.4 is 4.74 Å². The van der Waals surface area contributed by atoms with Gasteiger partial charge in [0.25, 0.3) is 0 Å². The van der Waals surface area contributed by atoms with E-state index in [0.717, 1.165) is 11.8 Å². The van der Waals surface area contributed by atoms with Crippen LogP contribution in [0.3, 0.4) is 0 Å². The molecule has 0 atom stereocenters. The highest BCUT2D eigenvalue weighted by Gasteiger charge is 2.07. The van der Waals surface area contributed by atoms with E-state index in [1.807, 2.05) is 13.0 Å². The molecule has 0 fully saturated rings. The van der Waals surface area contributed by atoms with E-state index in [1.54, 1.807) is 42.5 Å². The molecular weight excluding hydrogens is 256 g/mol. The lowest BCUT2D eigenvalue weighted by molar-refractivity contribution is 0.0152. The molecule has 4 heteroatoms. The molecule has 0 bridgehead atoms. The van der Waals surface area contributed by atoms with Gasteiger partial charge >= 0.3 is 5.97 Å². The fourth-order valence-electron chi connectivity index (χ4n) is 1.71. The first-order chi connectivity index (χ1) is 9.70. The van der Waals surface area contributed by atoms with Crippen molar-refractivity contribution in [3.05, 3.63) is 65.2 Å². The van der Waals surface area contributed by atoms with Gasteiger partial charge in [0.05, 0.1) is 5.56 Å². The van der Waals surface area contributed by atoms with Crippen molar-refractivity contribution in [2.45, 2.75) is 6.92 Å². The number of rotatable bonds is 5. The lowest BCUT2D eigenvalue weighted by Gasteiger charge is -2.10. The zero-order valence-electron chi connectivity index (χ0n) is 11.0. The van der Waals surface area contributed by atoms with Crippen molar-refractivity contribution in [3.63, 3.8) is 0 Å². The third kappa shape index (κ3) is 3.45. The Balaban J connectivity index is 1.90. The summed E-state index contributed by atoms with van der Waals surface area (Å²) in [7, 11) is 0. The van der Waals surface area contributed by atoms with Gasteiger partial charge < -0.3 is 9.47 Å². The van der Waals surface area contributed by atoms with Crippen molar-refractivity contribution in [1.82, 2.24) is 0 Å². The number of carbonyl (C=O) groups excluding carboxylic acids is 2. The fraction of sp³-hybridized carbons (Fsp3) is 0.125. The molecule has 0 N–H and O–H groups in total. The predicted molar refractivity (Wildman–Crippen MR) is 73.9 cm³/mol. The summed E-state index contributed by atoms with van der Waals surface area (Å²) in [5.41, 5.74) is 1.87. The Morgan fingerprint density at radius 2 is 1.90 bits per heavy atom. The molecule has 0 aliphatic carbocycles. The molecule has 4 nitrogen and oxygen atoms in total. The maximum atomic E-state index is 11.7. The Bertz CT molecular complexity index is 605. The summed E-state index contributed by atoms with van der Waals surface area (Å²) >= 11 is 0. The van der Waals surface area contributed by atoms with E-state index >= 15 is 0 Å². The largest absolute Gasteiger partial charge is 0.457 e. The highest BCUT2D eigenvalue weighted by atomic mass is 16.7. The summed E-state index contributed by atoms with van der Waals surface area (Å²) < 4.78 is 10.4. The van der Waals surface area contributed by atoms with Crippen LogP contribution in [-0.2, 0) is 4.74 Å². The second kappa shape index (κ2) is 6.52. The average Bonchev–Trinajstić information content (AvgIpc) is 2.49. The Morgan fingerprint density at radius 1 is 1.15 bits per heavy atom. The minimum absolute atomic E-state index is 0.172. The van der Waals surface area contributed by atoms with Gasteiger partial charge in [-0.3, -0.25) is 4.79 Å². The first-order valence-electron chi connectivity index (χ1n) is 6.11. The summed E-state index contributed by atoms with van der Waals surface area (Å²) in [4.78, 5) is 22.3. The second-order valence-electron chi connectivity index (χ2n) is 4.20. The van der Waals surface area contributed by atoms with Crippen LogP contribution in [0.2, 0.25) is 0 Å². The molecule has 0 radical (unpaired) electrons. The van der Waals surface area contributed by atoms with Crippen LogP contribution in [0.25, 0.3) is 0 Å². The van der Waals surface area contributed by atoms with E-state index in [0.29, 0.717) is 16.9 Å². The van der Waals surface area contributed by atoms with Crippen molar-refractivity contribution in [1.29, 1.82) is 0 Å². The number of aldehydes is 1. The fourth-order valence-corrected chi connectivity index (χ4v) is 1.71. The van der Waals surface area contributed by atoms with Gasteiger partial charge in [-0.1, -0.05) is 18.2 Å². The van der Waals surface area contributed by atoms with Gasteiger partial charge in [-0.05, 0) is 42.8 Å². The lowest BCUT2D eigenvalue weighted by atomic mass is 10.1. The quantitative estimate of drug-likeness (QED) is 0.476. The van der Waals surface area contributed by atoms with Crippen molar-refractivity contribution < 1.29 is 19.1 Å². The zero-order chi connectivity index (χ0) is 14.4. The Labute approximate surface area is 116 Å². The molecule has 0 amide bonds. The number of benzene rings is 2. The van der Waals surface area contributed by atoms with Crippen LogP contribution in [0, 0.1) is 6.92 Å². The molecule has 102 valence electrons. The molecule has 0 unspecified atom stereocenters. The van der Waals surface area contributed by atoms with Crippen LogP contribution in [0.1, 0.15) is 26.3 Å². The maximum Gasteiger partial charge on any atom is 0.340 e. The van der Waals surface area contributed by atoms with Gasteiger partial charge in [0.15, 0.2) is 0 Å². The van der Waals surface area contributed by atoms with Crippen LogP contribution >= 0.6 is 0 Å². The number of hydrogen-bond acceptors (Lipinski definition) is 4. The van der Waals surface area contributed by atoms with Gasteiger partial charge in [-0.2, -0.15) is 0 Å². The van der Waals surface area contributed by atoms with E-state index in [-0.39, 0.29) is 6.79 Å². The predicted octanol–water partition coefficient (Wildman–Crippen LogP) is 3.00. The molecule has 0 saturated carbocycles. The van der Waals surface area contributed by atoms with Crippen molar-refractivity contribution in [2.75, 3.05) is 6.79 Å². The highest BCUT2D eigenvalue weighted by molar-refractivity contribution is 5.89. The molecule has 0 aliphatic heterocycles. The van der Waals surface area contributed by atoms with Crippen LogP contribution in [0.5, 0.6) is 5.75 Å². The minimum Gasteiger partial charge on any atom is -0.457 e. The van der Waals surface area contributed by atoms with Crippen LogP contribution in [0.4, 0.5) is 0 Å². The average molecular weight is 270 g/mol. The zero-order valence-corrected chi connectivity index (χ0v) is 11.0. The molecule has 2 aromatic rings. The molecule has 0 aliphatic rings. The summed E-state index contributed by atoms with van der Waals surface area (Å²) in [6, 6.07) is 13.7. The molecule has 20 heavy (non-hydrogen) atoms. The number of aryl methyl sites for hydroxylation is 1. The van der Waals surface area contributed by atoms with E-state index in [1.165, 1.54) is 0 Å². The van der Waals surface area contributed by atoms with Gasteiger partial charge in [-0.25, -0.2) is 4.79 Å². The van der Waals surface area contributed by atoms with Crippen molar-refractivity contribution in [3.8, 4) is 5.75 Å². The minimum atomic E-state index is -0.437. The Kier molecular flexibility index (Phi) is 4.50. The Morgan fingerprint density at radius 3 is 2.55 bits per heavy atom. The number of ether oxygens (including phenoxy) is 2. The SMILES string of the molecule is Cc1cc(C=O)ccc1OCOC(=O)c1ccccc1. The third-order valence-corrected chi connectivity index (χ3v) is 2.75. The summed E-state index contributed by atoms with van der Waals surface area (Å²) in [5.74, 6) is 0.143. The molecular formula is C16H14O4. The van der Waals surface area contributed by atoms with Crippen LogP contribution in [-0.4, -0.2) is 19.0 Å². The van der Waals surface area contributed by atoms with E-state index in [2.05, 4.69) is 0 Å². The Hall–Kier alpha value is -2.62. The number of hydrogen-bond donors (Lipinski definition) is 0. The molecule has 0 spiro atoms. The van der Waals surface area contributed by atoms with Crippen LogP contribution in [0.15, 0.2) is 48.5 Å². The van der Waals surface area contributed by atoms with E-state index < -0.39 is 5.97 Å². The van der Waals surface area contributed by atoms with E-state index in [4.69, 9.17) is 9.47 Å². The smallest absolute Gasteiger partial charge is 0.340 e. The third-order valence-electron chi connectivity index (χ3n) is 2.75. The molecule has 2 aromatic carbocycles. The summed E-state index contributed by atoms with van der Waals surface area (Å²) in [6.07, 6.45) is 0.770. The first-order valence-corrected chi connectivity index (χ1v) is 6.11. The molecule has 0 heterocycles. The lowest BCUT2D eigenvalue weighted by Crippen LogP contribution is -2.11. The standard InChI is InChI=1S/C16H14O4/c1-12-9-13(10-17)7-8-15(12)19-11-20-16(18)14-5-3-2-4-6-14/h2-10H,11H2,1H3. The summed E-state index contributed by atoms with van der Waals surface area (Å²) in [5, 5.41) is 0. The van der Waals surface area contributed by atoms with Gasteiger partial charge in [-0.15, -0.1) is 0 Å². The van der Waals surface area contributed by atoms with Gasteiger partial charge in [0.2, 0.25) is 6.79 Å². The molecule has 0 saturated heterocycles. The molecule has 0 aromatic heterocycles.